The summed E-state index contributed by atoms with van der Waals surface area (Å²) in [6.07, 6.45) is 0.125. The van der Waals surface area contributed by atoms with Crippen LogP contribution in [-0.4, -0.2) is 18.1 Å². The van der Waals surface area contributed by atoms with Gasteiger partial charge in [-0.2, -0.15) is 0 Å². The summed E-state index contributed by atoms with van der Waals surface area (Å²) in [4.78, 5) is 15.8. The summed E-state index contributed by atoms with van der Waals surface area (Å²) in [6, 6.07) is 5.22. The van der Waals surface area contributed by atoms with E-state index in [1.807, 2.05) is 6.92 Å². The summed E-state index contributed by atoms with van der Waals surface area (Å²) < 4.78 is 4.66. The van der Waals surface area contributed by atoms with Crippen LogP contribution in [0.4, 0.5) is 0 Å². The van der Waals surface area contributed by atoms with Crippen molar-refractivity contribution in [2.24, 2.45) is 0 Å². The second-order valence-electron chi connectivity index (χ2n) is 3.96. The van der Waals surface area contributed by atoms with E-state index in [2.05, 4.69) is 9.72 Å². The molecule has 5 heteroatoms. The molecule has 18 heavy (non-hydrogen) atoms. The lowest BCUT2D eigenvalue weighted by Crippen LogP contribution is -2.05. The molecule has 2 rings (SSSR count). The van der Waals surface area contributed by atoms with Gasteiger partial charge in [-0.15, -0.1) is 0 Å². The van der Waals surface area contributed by atoms with Crippen molar-refractivity contribution in [2.45, 2.75) is 13.3 Å². The quantitative estimate of drug-likeness (QED) is 0.791. The Morgan fingerprint density at radius 2 is 2.06 bits per heavy atom. The number of hydrogen-bond acceptors (Lipinski definition) is 3. The first-order valence-corrected chi connectivity index (χ1v) is 6.09. The summed E-state index contributed by atoms with van der Waals surface area (Å²) in [7, 11) is 1.35. The molecule has 0 N–H and O–H groups in total. The molecular formula is C13H11Cl2NO2. The molecule has 0 saturated heterocycles. The Hall–Kier alpha value is -1.32. The zero-order chi connectivity index (χ0) is 13.3. The monoisotopic (exact) mass is 283 g/mol. The number of halogens is 2. The second kappa shape index (κ2) is 5.12. The molecule has 1 aromatic heterocycles. The van der Waals surface area contributed by atoms with Crippen molar-refractivity contribution in [3.63, 3.8) is 0 Å². The molecule has 1 aromatic carbocycles. The first-order chi connectivity index (χ1) is 8.51. The lowest BCUT2D eigenvalue weighted by atomic mass is 10.1. The lowest BCUT2D eigenvalue weighted by molar-refractivity contribution is -0.139. The summed E-state index contributed by atoms with van der Waals surface area (Å²) in [5.74, 6) is -0.335. The molecule has 1 heterocycles. The maximum Gasteiger partial charge on any atom is 0.310 e. The summed E-state index contributed by atoms with van der Waals surface area (Å²) in [5.41, 5.74) is 2.20. The van der Waals surface area contributed by atoms with E-state index in [0.717, 1.165) is 16.6 Å². The smallest absolute Gasteiger partial charge is 0.310 e. The third kappa shape index (κ3) is 2.57. The van der Waals surface area contributed by atoms with Gasteiger partial charge in [0.05, 0.1) is 24.1 Å². The third-order valence-corrected chi connectivity index (χ3v) is 3.13. The molecule has 3 nitrogen and oxygen atoms in total. The Kier molecular flexibility index (Phi) is 3.73. The predicted octanol–water partition coefficient (Wildman–Crippen LogP) is 3.57. The van der Waals surface area contributed by atoms with Crippen LogP contribution >= 0.6 is 23.2 Å². The van der Waals surface area contributed by atoms with E-state index in [1.165, 1.54) is 7.11 Å². The Bertz CT molecular complexity index is 626. The number of carbonyl (C=O) groups excluding carboxylic acids is 1. The van der Waals surface area contributed by atoms with E-state index in [0.29, 0.717) is 15.6 Å². The molecule has 94 valence electrons. The van der Waals surface area contributed by atoms with Crippen LogP contribution in [0.5, 0.6) is 0 Å². The molecule has 0 aliphatic heterocycles. The Morgan fingerprint density at radius 1 is 1.33 bits per heavy atom. The van der Waals surface area contributed by atoms with Gasteiger partial charge in [-0.05, 0) is 30.7 Å². The van der Waals surface area contributed by atoms with Crippen LogP contribution in [0.15, 0.2) is 18.2 Å². The molecule has 2 aromatic rings. The fourth-order valence-electron chi connectivity index (χ4n) is 1.80. The number of rotatable bonds is 2. The fourth-order valence-corrected chi connectivity index (χ4v) is 2.34. The molecule has 0 aliphatic carbocycles. The second-order valence-corrected chi connectivity index (χ2v) is 4.80. The van der Waals surface area contributed by atoms with Gasteiger partial charge in [-0.25, -0.2) is 0 Å². The average molecular weight is 284 g/mol. The number of aryl methyl sites for hydroxylation is 1. The highest BCUT2D eigenvalue weighted by atomic mass is 35.5. The third-order valence-electron chi connectivity index (χ3n) is 2.60. The van der Waals surface area contributed by atoms with Gasteiger partial charge in [0.1, 0.15) is 0 Å². The van der Waals surface area contributed by atoms with Crippen molar-refractivity contribution in [3.8, 4) is 0 Å². The highest BCUT2D eigenvalue weighted by Crippen LogP contribution is 2.29. The van der Waals surface area contributed by atoms with Crippen LogP contribution < -0.4 is 0 Å². The Morgan fingerprint density at radius 3 is 2.72 bits per heavy atom. The number of pyridine rings is 1. The predicted molar refractivity (Wildman–Crippen MR) is 72.2 cm³/mol. The minimum absolute atomic E-state index is 0.125. The normalized spacial score (nSPS) is 10.7. The SMILES string of the molecule is COC(=O)Cc1cc(Cl)cc2c(Cl)cc(C)nc12. The zero-order valence-corrected chi connectivity index (χ0v) is 11.5. The minimum Gasteiger partial charge on any atom is -0.469 e. The standard InChI is InChI=1S/C13H11Cl2NO2/c1-7-3-11(15)10-6-9(14)4-8(13(10)16-7)5-12(17)18-2/h3-4,6H,5H2,1-2H3. The summed E-state index contributed by atoms with van der Waals surface area (Å²) in [5, 5.41) is 1.84. The van der Waals surface area contributed by atoms with Crippen LogP contribution in [-0.2, 0) is 16.0 Å². The van der Waals surface area contributed by atoms with E-state index in [4.69, 9.17) is 23.2 Å². The van der Waals surface area contributed by atoms with Gasteiger partial charge in [0.15, 0.2) is 0 Å². The first kappa shape index (κ1) is 13.1. The average Bonchev–Trinajstić information content (AvgIpc) is 2.30. The molecule has 0 radical (unpaired) electrons. The first-order valence-electron chi connectivity index (χ1n) is 5.33. The number of aromatic nitrogens is 1. The molecule has 0 amide bonds. The molecule has 0 fully saturated rings. The van der Waals surface area contributed by atoms with Gasteiger partial charge in [0, 0.05) is 16.1 Å². The Labute approximate surface area is 115 Å². The van der Waals surface area contributed by atoms with Crippen LogP contribution in [0.2, 0.25) is 10.0 Å². The Balaban J connectivity index is 2.67. The highest BCUT2D eigenvalue weighted by molar-refractivity contribution is 6.37. The molecule has 0 saturated carbocycles. The molecule has 0 aliphatic rings. The largest absolute Gasteiger partial charge is 0.469 e. The molecule has 0 unspecified atom stereocenters. The van der Waals surface area contributed by atoms with Crippen molar-refractivity contribution >= 4 is 40.1 Å². The van der Waals surface area contributed by atoms with Crippen molar-refractivity contribution in [1.82, 2.24) is 4.98 Å². The summed E-state index contributed by atoms with van der Waals surface area (Å²) >= 11 is 12.2. The molecule has 0 spiro atoms. The number of benzene rings is 1. The van der Waals surface area contributed by atoms with E-state index >= 15 is 0 Å². The zero-order valence-electron chi connectivity index (χ0n) is 9.96. The van der Waals surface area contributed by atoms with Crippen LogP contribution in [0, 0.1) is 6.92 Å². The van der Waals surface area contributed by atoms with Crippen LogP contribution in [0.1, 0.15) is 11.3 Å². The number of ether oxygens (including phenoxy) is 1. The van der Waals surface area contributed by atoms with Gasteiger partial charge >= 0.3 is 5.97 Å². The minimum atomic E-state index is -0.335. The number of methoxy groups -OCH3 is 1. The number of fused-ring (bicyclic) bond motifs is 1. The van der Waals surface area contributed by atoms with Gasteiger partial charge in [0.25, 0.3) is 0 Å². The lowest BCUT2D eigenvalue weighted by Gasteiger charge is -2.08. The van der Waals surface area contributed by atoms with E-state index in [-0.39, 0.29) is 12.4 Å². The number of carbonyl (C=O) groups is 1. The number of hydrogen-bond donors (Lipinski definition) is 0. The van der Waals surface area contributed by atoms with Crippen molar-refractivity contribution in [3.05, 3.63) is 39.5 Å². The van der Waals surface area contributed by atoms with Crippen molar-refractivity contribution in [1.29, 1.82) is 0 Å². The van der Waals surface area contributed by atoms with Crippen molar-refractivity contribution in [2.75, 3.05) is 7.11 Å². The molecular weight excluding hydrogens is 273 g/mol. The van der Waals surface area contributed by atoms with Crippen LogP contribution in [0.3, 0.4) is 0 Å². The number of nitrogens with zero attached hydrogens (tertiary/aromatic N) is 1. The topological polar surface area (TPSA) is 39.2 Å². The van der Waals surface area contributed by atoms with Gasteiger partial charge in [0.2, 0.25) is 0 Å². The maximum absolute atomic E-state index is 11.4. The van der Waals surface area contributed by atoms with Gasteiger partial charge < -0.3 is 4.74 Å². The fraction of sp³-hybridized carbons (Fsp3) is 0.231. The van der Waals surface area contributed by atoms with E-state index in [9.17, 15) is 4.79 Å². The maximum atomic E-state index is 11.4. The van der Waals surface area contributed by atoms with E-state index < -0.39 is 0 Å². The van der Waals surface area contributed by atoms with Gasteiger partial charge in [-0.3, -0.25) is 9.78 Å². The van der Waals surface area contributed by atoms with E-state index in [1.54, 1.807) is 18.2 Å². The molecule has 0 atom stereocenters. The van der Waals surface area contributed by atoms with Crippen LogP contribution in [0.25, 0.3) is 10.9 Å². The highest BCUT2D eigenvalue weighted by Gasteiger charge is 2.12. The van der Waals surface area contributed by atoms with Crippen molar-refractivity contribution < 1.29 is 9.53 Å². The molecule has 0 bridgehead atoms. The summed E-state index contributed by atoms with van der Waals surface area (Å²) in [6.45, 7) is 1.85. The number of esters is 1. The van der Waals surface area contributed by atoms with Gasteiger partial charge in [-0.1, -0.05) is 23.2 Å².